The minimum atomic E-state index is -1.08. The number of rotatable bonds is 9. The van der Waals surface area contributed by atoms with Crippen LogP contribution in [0.15, 0.2) is 46.8 Å². The summed E-state index contributed by atoms with van der Waals surface area (Å²) >= 11 is 1.00. The van der Waals surface area contributed by atoms with Crippen molar-refractivity contribution in [1.29, 1.82) is 5.26 Å². The second-order valence-corrected chi connectivity index (χ2v) is 8.74. The summed E-state index contributed by atoms with van der Waals surface area (Å²) in [5.41, 5.74) is 2.69. The largest absolute Gasteiger partial charge is 0.493 e. The molecule has 8 heteroatoms. The number of carbonyl (C=O) groups is 1. The number of ether oxygens (including phenoxy) is 1. The lowest BCUT2D eigenvalue weighted by atomic mass is 9.93. The number of aryl methyl sites for hydroxylation is 2. The van der Waals surface area contributed by atoms with Gasteiger partial charge in [-0.15, -0.1) is 11.3 Å². The van der Waals surface area contributed by atoms with E-state index in [1.54, 1.807) is 18.2 Å². The first-order valence-electron chi connectivity index (χ1n) is 10.9. The third-order valence-electron chi connectivity index (χ3n) is 5.48. The number of carboxylic acids is 1. The van der Waals surface area contributed by atoms with E-state index in [1.807, 2.05) is 26.8 Å². The fraction of sp³-hybridized carbons (Fsp3) is 0.269. The lowest BCUT2D eigenvalue weighted by molar-refractivity contribution is 0.0702. The van der Waals surface area contributed by atoms with E-state index in [1.165, 1.54) is 18.2 Å². The number of pyridine rings is 1. The Morgan fingerprint density at radius 3 is 2.44 bits per heavy atom. The molecule has 0 aliphatic heterocycles. The van der Waals surface area contributed by atoms with Crippen LogP contribution in [0.4, 0.5) is 4.39 Å². The smallest absolute Gasteiger partial charge is 0.345 e. The lowest BCUT2D eigenvalue weighted by Gasteiger charge is -2.20. The van der Waals surface area contributed by atoms with E-state index in [9.17, 15) is 24.3 Å². The quantitative estimate of drug-likeness (QED) is 0.378. The molecule has 176 valence electrons. The molecule has 34 heavy (non-hydrogen) atoms. The van der Waals surface area contributed by atoms with E-state index in [4.69, 9.17) is 4.74 Å². The predicted octanol–water partition coefficient (Wildman–Crippen LogP) is 5.78. The number of hydrogen-bond donors (Lipinski definition) is 2. The summed E-state index contributed by atoms with van der Waals surface area (Å²) in [5.74, 6) is -0.847. The number of aromatic amines is 1. The first-order chi connectivity index (χ1) is 16.3. The van der Waals surface area contributed by atoms with Crippen LogP contribution in [0.2, 0.25) is 0 Å². The summed E-state index contributed by atoms with van der Waals surface area (Å²) in [6.45, 7) is 6.13. The van der Waals surface area contributed by atoms with E-state index in [2.05, 4.69) is 4.98 Å². The van der Waals surface area contributed by atoms with Crippen LogP contribution in [0, 0.1) is 17.1 Å². The number of thiophene rings is 1. The highest BCUT2D eigenvalue weighted by atomic mass is 32.1. The monoisotopic (exact) mass is 480 g/mol. The number of aromatic nitrogens is 1. The molecule has 2 aromatic heterocycles. The summed E-state index contributed by atoms with van der Waals surface area (Å²) in [6.07, 6.45) is 1.60. The topological polar surface area (TPSA) is 103 Å². The van der Waals surface area contributed by atoms with Gasteiger partial charge in [-0.3, -0.25) is 4.79 Å². The van der Waals surface area contributed by atoms with E-state index in [0.29, 0.717) is 53.3 Å². The summed E-state index contributed by atoms with van der Waals surface area (Å²) in [4.78, 5) is 27.9. The first-order valence-corrected chi connectivity index (χ1v) is 11.7. The molecule has 3 rings (SSSR count). The van der Waals surface area contributed by atoms with Crippen LogP contribution in [0.5, 0.6) is 0 Å². The van der Waals surface area contributed by atoms with Crippen molar-refractivity contribution in [2.75, 3.05) is 6.61 Å². The molecule has 0 saturated heterocycles. The van der Waals surface area contributed by atoms with Gasteiger partial charge >= 0.3 is 5.97 Å². The van der Waals surface area contributed by atoms with Gasteiger partial charge in [0, 0.05) is 21.7 Å². The van der Waals surface area contributed by atoms with Gasteiger partial charge in [0.15, 0.2) is 0 Å². The molecule has 0 atom stereocenters. The van der Waals surface area contributed by atoms with Crippen LogP contribution in [0.25, 0.3) is 16.2 Å². The molecule has 0 bridgehead atoms. The Hall–Kier alpha value is -3.70. The molecule has 2 heterocycles. The standard InChI is InChI=1S/C26H25FN2O4S/c1-4-15(3)24(33-5-2)23-19(11-8-16-6-9-17(27)10-7-16)29-25(30)18(14-28)22(23)20-12-13-21(34-20)26(31)32/h6-7,9-10,12-13H,4-5,8,11H2,1-3H3,(H,29,30)(H,31,32)/b24-15+. The average Bonchev–Trinajstić information content (AvgIpc) is 3.32. The molecule has 3 aromatic rings. The summed E-state index contributed by atoms with van der Waals surface area (Å²) < 4.78 is 19.4. The molecular weight excluding hydrogens is 455 g/mol. The van der Waals surface area contributed by atoms with Crippen LogP contribution in [0.3, 0.4) is 0 Å². The summed E-state index contributed by atoms with van der Waals surface area (Å²) in [5, 5.41) is 19.3. The van der Waals surface area contributed by atoms with E-state index >= 15 is 0 Å². The van der Waals surface area contributed by atoms with Gasteiger partial charge in [0.1, 0.15) is 28.1 Å². The molecule has 0 amide bonds. The highest BCUT2D eigenvalue weighted by molar-refractivity contribution is 7.17. The number of H-pyrrole nitrogens is 1. The minimum absolute atomic E-state index is 0.0968. The SMILES string of the molecule is CCO/C(=C(\C)CC)c1c(CCc2ccc(F)cc2)[nH]c(=O)c(C#N)c1-c1ccc(C(=O)O)s1. The normalized spacial score (nSPS) is 11.6. The van der Waals surface area contributed by atoms with Gasteiger partial charge in [-0.25, -0.2) is 9.18 Å². The summed E-state index contributed by atoms with van der Waals surface area (Å²) in [6, 6.07) is 11.2. The number of aromatic carboxylic acids is 1. The molecule has 0 spiro atoms. The van der Waals surface area contributed by atoms with Crippen molar-refractivity contribution in [1.82, 2.24) is 4.98 Å². The van der Waals surface area contributed by atoms with Crippen molar-refractivity contribution in [3.63, 3.8) is 0 Å². The third-order valence-corrected chi connectivity index (χ3v) is 6.57. The molecule has 6 nitrogen and oxygen atoms in total. The van der Waals surface area contributed by atoms with Crippen molar-refractivity contribution < 1.29 is 19.0 Å². The zero-order valence-electron chi connectivity index (χ0n) is 19.2. The van der Waals surface area contributed by atoms with Crippen molar-refractivity contribution in [3.8, 4) is 16.5 Å². The summed E-state index contributed by atoms with van der Waals surface area (Å²) in [7, 11) is 0. The van der Waals surface area contributed by atoms with E-state index in [-0.39, 0.29) is 16.3 Å². The molecular formula is C26H25FN2O4S. The van der Waals surface area contributed by atoms with Crippen molar-refractivity contribution in [3.05, 3.63) is 85.4 Å². The second-order valence-electron chi connectivity index (χ2n) is 7.66. The Morgan fingerprint density at radius 2 is 1.88 bits per heavy atom. The van der Waals surface area contributed by atoms with Gasteiger partial charge in [0.2, 0.25) is 0 Å². The number of allylic oxidation sites excluding steroid dienone is 1. The van der Waals surface area contributed by atoms with Gasteiger partial charge in [-0.05, 0) is 68.5 Å². The van der Waals surface area contributed by atoms with E-state index < -0.39 is 11.5 Å². The maximum absolute atomic E-state index is 13.3. The van der Waals surface area contributed by atoms with Crippen LogP contribution >= 0.6 is 11.3 Å². The molecule has 2 N–H and O–H groups in total. The Morgan fingerprint density at radius 1 is 1.18 bits per heavy atom. The van der Waals surface area contributed by atoms with Gasteiger partial charge in [-0.2, -0.15) is 5.26 Å². The number of carboxylic acid groups (broad SMARTS) is 1. The molecule has 0 unspecified atom stereocenters. The molecule has 0 aliphatic carbocycles. The number of nitrogens with zero attached hydrogens (tertiary/aromatic N) is 1. The number of nitriles is 1. The maximum atomic E-state index is 13.3. The van der Waals surface area contributed by atoms with Gasteiger partial charge in [0.05, 0.1) is 6.61 Å². The van der Waals surface area contributed by atoms with Gasteiger partial charge in [-0.1, -0.05) is 19.1 Å². The number of halogens is 1. The maximum Gasteiger partial charge on any atom is 0.345 e. The fourth-order valence-corrected chi connectivity index (χ4v) is 4.57. The van der Waals surface area contributed by atoms with Gasteiger partial charge < -0.3 is 14.8 Å². The molecule has 1 aromatic carbocycles. The van der Waals surface area contributed by atoms with Gasteiger partial charge in [0.25, 0.3) is 5.56 Å². The predicted molar refractivity (Wildman–Crippen MR) is 130 cm³/mol. The molecule has 0 aliphatic rings. The fourth-order valence-electron chi connectivity index (χ4n) is 3.66. The average molecular weight is 481 g/mol. The Bertz CT molecular complexity index is 1330. The highest BCUT2D eigenvalue weighted by Crippen LogP contribution is 2.39. The van der Waals surface area contributed by atoms with Crippen molar-refractivity contribution in [2.24, 2.45) is 0 Å². The first kappa shape index (κ1) is 24.9. The van der Waals surface area contributed by atoms with Crippen LogP contribution < -0.4 is 5.56 Å². The Kier molecular flexibility index (Phi) is 8.03. The number of benzene rings is 1. The van der Waals surface area contributed by atoms with Crippen LogP contribution in [-0.2, 0) is 17.6 Å². The van der Waals surface area contributed by atoms with E-state index in [0.717, 1.165) is 22.5 Å². The second kappa shape index (κ2) is 10.9. The molecule has 0 radical (unpaired) electrons. The minimum Gasteiger partial charge on any atom is -0.493 e. The van der Waals surface area contributed by atoms with Crippen LogP contribution in [-0.4, -0.2) is 22.7 Å². The molecule has 0 fully saturated rings. The molecule has 0 saturated carbocycles. The zero-order valence-corrected chi connectivity index (χ0v) is 20.0. The highest BCUT2D eigenvalue weighted by Gasteiger charge is 2.25. The Labute approximate surface area is 201 Å². The Balaban J connectivity index is 2.30. The number of hydrogen-bond acceptors (Lipinski definition) is 5. The lowest BCUT2D eigenvalue weighted by Crippen LogP contribution is -2.19. The third kappa shape index (κ3) is 5.26. The zero-order chi connectivity index (χ0) is 24.8. The number of nitrogens with one attached hydrogen (secondary N) is 1. The van der Waals surface area contributed by atoms with Crippen LogP contribution in [0.1, 0.15) is 59.2 Å². The van der Waals surface area contributed by atoms with Crippen molar-refractivity contribution in [2.45, 2.75) is 40.0 Å². The van der Waals surface area contributed by atoms with Crippen molar-refractivity contribution >= 4 is 23.1 Å².